The van der Waals surface area contributed by atoms with Crippen molar-refractivity contribution in [2.24, 2.45) is 5.92 Å². The minimum atomic E-state index is -1.02. The van der Waals surface area contributed by atoms with Gasteiger partial charge in [-0.15, -0.1) is 11.3 Å². The second kappa shape index (κ2) is 11.0. The molecule has 0 saturated carbocycles. The van der Waals surface area contributed by atoms with E-state index in [9.17, 15) is 19.5 Å². The molecule has 2 N–H and O–H groups in total. The third-order valence-corrected chi connectivity index (χ3v) is 6.27. The average Bonchev–Trinajstić information content (AvgIpc) is 3.26. The van der Waals surface area contributed by atoms with Crippen molar-refractivity contribution in [1.29, 1.82) is 0 Å². The number of ether oxygens (including phenoxy) is 2. The topological polar surface area (TPSA) is 108 Å². The highest BCUT2D eigenvalue weighted by atomic mass is 32.1. The summed E-state index contributed by atoms with van der Waals surface area (Å²) in [5.41, 5.74) is 1.43. The van der Waals surface area contributed by atoms with Gasteiger partial charge in [-0.05, 0) is 35.7 Å². The molecule has 172 valence electrons. The monoisotopic (exact) mass is 461 g/mol. The third kappa shape index (κ3) is 5.98. The molecule has 0 spiro atoms. The van der Waals surface area contributed by atoms with Gasteiger partial charge in [-0.2, -0.15) is 0 Å². The summed E-state index contributed by atoms with van der Waals surface area (Å²) < 4.78 is 9.89. The van der Waals surface area contributed by atoms with Crippen molar-refractivity contribution in [2.75, 3.05) is 57.2 Å². The number of anilines is 2. The lowest BCUT2D eigenvalue weighted by Gasteiger charge is -2.37. The zero-order valence-electron chi connectivity index (χ0n) is 18.1. The van der Waals surface area contributed by atoms with Crippen molar-refractivity contribution in [1.82, 2.24) is 4.90 Å². The van der Waals surface area contributed by atoms with Crippen LogP contribution in [-0.4, -0.2) is 74.8 Å². The summed E-state index contributed by atoms with van der Waals surface area (Å²) in [6.45, 7) is 3.22. The molecule has 0 bridgehead atoms. The second-order valence-electron chi connectivity index (χ2n) is 7.43. The van der Waals surface area contributed by atoms with Crippen LogP contribution in [0.2, 0.25) is 0 Å². The van der Waals surface area contributed by atoms with Crippen LogP contribution in [0.3, 0.4) is 0 Å². The van der Waals surface area contributed by atoms with Crippen molar-refractivity contribution in [3.05, 3.63) is 40.6 Å². The van der Waals surface area contributed by atoms with Crippen molar-refractivity contribution in [3.8, 4) is 5.75 Å². The summed E-state index contributed by atoms with van der Waals surface area (Å²) >= 11 is 1.15. The first kappa shape index (κ1) is 23.6. The van der Waals surface area contributed by atoms with Gasteiger partial charge in [-0.3, -0.25) is 14.5 Å². The van der Waals surface area contributed by atoms with E-state index in [0.29, 0.717) is 18.8 Å². The number of piperazine rings is 1. The van der Waals surface area contributed by atoms with Crippen LogP contribution in [0.4, 0.5) is 11.4 Å². The molecule has 0 aliphatic carbocycles. The first-order valence-corrected chi connectivity index (χ1v) is 11.1. The summed E-state index contributed by atoms with van der Waals surface area (Å²) in [5, 5.41) is 13.9. The van der Waals surface area contributed by atoms with Crippen molar-refractivity contribution >= 4 is 40.6 Å². The van der Waals surface area contributed by atoms with E-state index < -0.39 is 23.8 Å². The van der Waals surface area contributed by atoms with E-state index >= 15 is 0 Å². The number of hydrogen-bond donors (Lipinski definition) is 2. The normalized spacial score (nSPS) is 15.1. The minimum absolute atomic E-state index is 0.176. The largest absolute Gasteiger partial charge is 0.497 e. The predicted octanol–water partition coefficient (Wildman–Crippen LogP) is 2.39. The number of benzene rings is 1. The molecule has 0 unspecified atom stereocenters. The Bertz CT molecular complexity index is 937. The molecule has 32 heavy (non-hydrogen) atoms. The van der Waals surface area contributed by atoms with Gasteiger partial charge >= 0.3 is 11.9 Å². The standard InChI is InChI=1S/C22H27N3O6S/c1-30-17-5-3-16(4-6-17)25-10-8-24(9-11-25)14-15(21(27)28)13-19(26)23-18-7-12-32-20(18)22(29)31-2/h3-7,12,15H,8-11,13-14H2,1-2H3,(H,23,26)(H,27,28)/t15-/m0/s1. The molecular formula is C22H27N3O6S. The van der Waals surface area contributed by atoms with Crippen LogP contribution in [0.1, 0.15) is 16.1 Å². The van der Waals surface area contributed by atoms with Crippen LogP contribution >= 0.6 is 11.3 Å². The van der Waals surface area contributed by atoms with Gasteiger partial charge in [0.1, 0.15) is 10.6 Å². The third-order valence-electron chi connectivity index (χ3n) is 5.38. The van der Waals surface area contributed by atoms with Gasteiger partial charge in [0, 0.05) is 44.8 Å². The molecule has 1 fully saturated rings. The molecule has 2 heterocycles. The Hall–Kier alpha value is -3.11. The van der Waals surface area contributed by atoms with Gasteiger partial charge in [-0.25, -0.2) is 4.79 Å². The molecular weight excluding hydrogens is 434 g/mol. The predicted molar refractivity (Wildman–Crippen MR) is 122 cm³/mol. The Morgan fingerprint density at radius 2 is 1.78 bits per heavy atom. The van der Waals surface area contributed by atoms with Crippen LogP contribution in [0.5, 0.6) is 5.75 Å². The molecule has 1 saturated heterocycles. The fourth-order valence-corrected chi connectivity index (χ4v) is 4.37. The Kier molecular flexibility index (Phi) is 8.07. The number of amides is 1. The van der Waals surface area contributed by atoms with Gasteiger partial charge in [-0.1, -0.05) is 0 Å². The number of carbonyl (C=O) groups excluding carboxylic acids is 2. The zero-order chi connectivity index (χ0) is 23.1. The van der Waals surface area contributed by atoms with E-state index in [1.807, 2.05) is 24.3 Å². The number of carbonyl (C=O) groups is 3. The summed E-state index contributed by atoms with van der Waals surface area (Å²) in [7, 11) is 2.90. The summed E-state index contributed by atoms with van der Waals surface area (Å²) in [5.74, 6) is -2.05. The van der Waals surface area contributed by atoms with Crippen LogP contribution in [0.15, 0.2) is 35.7 Å². The summed E-state index contributed by atoms with van der Waals surface area (Å²) in [6.07, 6.45) is -0.176. The molecule has 10 heteroatoms. The Morgan fingerprint density at radius 3 is 2.38 bits per heavy atom. The van der Waals surface area contributed by atoms with Crippen LogP contribution in [-0.2, 0) is 14.3 Å². The number of hydrogen-bond acceptors (Lipinski definition) is 8. The Balaban J connectivity index is 1.52. The van der Waals surface area contributed by atoms with E-state index in [1.54, 1.807) is 18.6 Å². The van der Waals surface area contributed by atoms with Gasteiger partial charge in [0.15, 0.2) is 0 Å². The van der Waals surface area contributed by atoms with E-state index in [4.69, 9.17) is 9.47 Å². The molecule has 1 aromatic carbocycles. The van der Waals surface area contributed by atoms with Crippen molar-refractivity contribution < 1.29 is 29.0 Å². The van der Waals surface area contributed by atoms with E-state index in [0.717, 1.165) is 35.9 Å². The van der Waals surface area contributed by atoms with Gasteiger partial charge in [0.25, 0.3) is 0 Å². The molecule has 0 radical (unpaired) electrons. The molecule has 9 nitrogen and oxygen atoms in total. The quantitative estimate of drug-likeness (QED) is 0.548. The highest BCUT2D eigenvalue weighted by Crippen LogP contribution is 2.24. The smallest absolute Gasteiger partial charge is 0.350 e. The average molecular weight is 462 g/mol. The first-order chi connectivity index (χ1) is 15.4. The number of carboxylic acid groups (broad SMARTS) is 1. The maximum atomic E-state index is 12.5. The number of aliphatic carboxylic acids is 1. The lowest BCUT2D eigenvalue weighted by Crippen LogP contribution is -2.48. The summed E-state index contributed by atoms with van der Waals surface area (Å²) in [4.78, 5) is 40.6. The molecule has 1 aliphatic heterocycles. The number of esters is 1. The molecule has 1 aliphatic rings. The van der Waals surface area contributed by atoms with Crippen molar-refractivity contribution in [2.45, 2.75) is 6.42 Å². The summed E-state index contributed by atoms with van der Waals surface area (Å²) in [6, 6.07) is 9.44. The molecule has 1 amide bonds. The maximum Gasteiger partial charge on any atom is 0.350 e. The van der Waals surface area contributed by atoms with Gasteiger partial charge in [0.05, 0.1) is 25.8 Å². The number of methoxy groups -OCH3 is 2. The first-order valence-electron chi connectivity index (χ1n) is 10.2. The molecule has 1 atom stereocenters. The SMILES string of the molecule is COC(=O)c1sccc1NC(=O)C[C@@H](CN1CCN(c2ccc(OC)cc2)CC1)C(=O)O. The highest BCUT2D eigenvalue weighted by molar-refractivity contribution is 7.12. The van der Waals surface area contributed by atoms with Crippen LogP contribution in [0, 0.1) is 5.92 Å². The van der Waals surface area contributed by atoms with Gasteiger partial charge in [0.2, 0.25) is 5.91 Å². The van der Waals surface area contributed by atoms with E-state index in [1.165, 1.54) is 7.11 Å². The lowest BCUT2D eigenvalue weighted by atomic mass is 10.0. The number of nitrogens with zero attached hydrogens (tertiary/aromatic N) is 2. The number of thiophene rings is 1. The molecule has 3 rings (SSSR count). The fourth-order valence-electron chi connectivity index (χ4n) is 3.61. The minimum Gasteiger partial charge on any atom is -0.497 e. The van der Waals surface area contributed by atoms with Gasteiger partial charge < -0.3 is 24.8 Å². The van der Waals surface area contributed by atoms with Crippen LogP contribution < -0.4 is 15.0 Å². The van der Waals surface area contributed by atoms with Crippen molar-refractivity contribution in [3.63, 3.8) is 0 Å². The number of carboxylic acids is 1. The number of rotatable bonds is 9. The molecule has 2 aromatic rings. The highest BCUT2D eigenvalue weighted by Gasteiger charge is 2.27. The van der Waals surface area contributed by atoms with E-state index in [-0.39, 0.29) is 17.8 Å². The Morgan fingerprint density at radius 1 is 1.09 bits per heavy atom. The molecule has 1 aromatic heterocycles. The lowest BCUT2D eigenvalue weighted by molar-refractivity contribution is -0.144. The fraction of sp³-hybridized carbons (Fsp3) is 0.409. The van der Waals surface area contributed by atoms with Crippen LogP contribution in [0.25, 0.3) is 0 Å². The second-order valence-corrected chi connectivity index (χ2v) is 8.34. The number of nitrogens with one attached hydrogen (secondary N) is 1. The maximum absolute atomic E-state index is 12.5. The zero-order valence-corrected chi connectivity index (χ0v) is 18.9. The Labute approximate surface area is 190 Å². The van der Waals surface area contributed by atoms with E-state index in [2.05, 4.69) is 15.1 Å².